The van der Waals surface area contributed by atoms with Crippen LogP contribution in [0.3, 0.4) is 0 Å². The van der Waals surface area contributed by atoms with Crippen LogP contribution < -0.4 is 4.72 Å². The van der Waals surface area contributed by atoms with Gasteiger partial charge in [0.05, 0.1) is 11.6 Å². The molecule has 0 saturated heterocycles. The van der Waals surface area contributed by atoms with Gasteiger partial charge in [-0.1, -0.05) is 28.4 Å². The Labute approximate surface area is 119 Å². The van der Waals surface area contributed by atoms with E-state index >= 15 is 0 Å². The van der Waals surface area contributed by atoms with E-state index in [4.69, 9.17) is 27.7 Å². The van der Waals surface area contributed by atoms with Gasteiger partial charge in [0, 0.05) is 6.20 Å². The number of aromatic nitrogens is 3. The molecule has 0 spiro atoms. The summed E-state index contributed by atoms with van der Waals surface area (Å²) in [6, 6.07) is 1.21. The Bertz CT molecular complexity index is 701. The molecule has 0 radical (unpaired) electrons. The average Bonchev–Trinajstić information content (AvgIpc) is 2.76. The van der Waals surface area contributed by atoms with Gasteiger partial charge < -0.3 is 4.52 Å². The largest absolute Gasteiger partial charge is 0.338 e. The first-order valence-electron chi connectivity index (χ1n) is 4.98. The number of nitrogens with one attached hydrogen (secondary N) is 1. The fourth-order valence-corrected chi connectivity index (χ4v) is 2.48. The molecule has 0 aromatic carbocycles. The molecule has 0 bridgehead atoms. The van der Waals surface area contributed by atoms with E-state index in [-0.39, 0.29) is 27.5 Å². The van der Waals surface area contributed by atoms with E-state index in [1.807, 2.05) is 0 Å². The molecule has 10 heteroatoms. The molecular weight excluding hydrogens is 315 g/mol. The van der Waals surface area contributed by atoms with Crippen LogP contribution in [0, 0.1) is 6.92 Å². The summed E-state index contributed by atoms with van der Waals surface area (Å²) in [5, 5.41) is 3.63. The Morgan fingerprint density at radius 3 is 2.74 bits per heavy atom. The Kier molecular flexibility index (Phi) is 4.04. The molecule has 0 unspecified atom stereocenters. The average molecular weight is 323 g/mol. The summed E-state index contributed by atoms with van der Waals surface area (Å²) in [5.41, 5.74) is 0. The van der Waals surface area contributed by atoms with Crippen molar-refractivity contribution in [1.82, 2.24) is 19.8 Å². The molecule has 19 heavy (non-hydrogen) atoms. The second kappa shape index (κ2) is 5.41. The lowest BCUT2D eigenvalue weighted by Gasteiger charge is -2.05. The van der Waals surface area contributed by atoms with E-state index in [1.54, 1.807) is 6.92 Å². The normalized spacial score (nSPS) is 11.7. The second-order valence-corrected chi connectivity index (χ2v) is 6.04. The molecular formula is C9H8Cl2N4O3S. The lowest BCUT2D eigenvalue weighted by molar-refractivity contribution is 0.372. The van der Waals surface area contributed by atoms with Crippen LogP contribution >= 0.6 is 23.2 Å². The quantitative estimate of drug-likeness (QED) is 0.858. The van der Waals surface area contributed by atoms with Crippen molar-refractivity contribution < 1.29 is 12.9 Å². The lowest BCUT2D eigenvalue weighted by atomic mass is 10.5. The molecule has 2 aromatic heterocycles. The van der Waals surface area contributed by atoms with Crippen LogP contribution in [0.5, 0.6) is 0 Å². The fourth-order valence-electron chi connectivity index (χ4n) is 1.20. The molecule has 0 saturated carbocycles. The molecule has 2 heterocycles. The SMILES string of the molecule is Cc1noc(CNS(=O)(=O)c2cnc(Cl)c(Cl)c2)n1. The summed E-state index contributed by atoms with van der Waals surface area (Å²) in [5.74, 6) is 0.583. The Morgan fingerprint density at radius 2 is 2.16 bits per heavy atom. The first-order valence-corrected chi connectivity index (χ1v) is 7.22. The van der Waals surface area contributed by atoms with Crippen LogP contribution in [0.15, 0.2) is 21.7 Å². The summed E-state index contributed by atoms with van der Waals surface area (Å²) in [6.07, 6.45) is 1.11. The highest BCUT2D eigenvalue weighted by Gasteiger charge is 2.17. The number of hydrogen-bond acceptors (Lipinski definition) is 6. The minimum atomic E-state index is -3.77. The van der Waals surface area contributed by atoms with Crippen molar-refractivity contribution in [3.8, 4) is 0 Å². The maximum atomic E-state index is 11.9. The van der Waals surface area contributed by atoms with Crippen molar-refractivity contribution in [1.29, 1.82) is 0 Å². The van der Waals surface area contributed by atoms with Gasteiger partial charge >= 0.3 is 0 Å². The minimum Gasteiger partial charge on any atom is -0.338 e. The molecule has 0 aliphatic heterocycles. The summed E-state index contributed by atoms with van der Waals surface area (Å²) in [7, 11) is -3.77. The highest BCUT2D eigenvalue weighted by Crippen LogP contribution is 2.22. The summed E-state index contributed by atoms with van der Waals surface area (Å²) >= 11 is 11.3. The summed E-state index contributed by atoms with van der Waals surface area (Å²) in [4.78, 5) is 7.44. The highest BCUT2D eigenvalue weighted by atomic mass is 35.5. The molecule has 0 amide bonds. The number of pyridine rings is 1. The van der Waals surface area contributed by atoms with Gasteiger partial charge in [-0.2, -0.15) is 4.98 Å². The number of nitrogens with zero attached hydrogens (tertiary/aromatic N) is 3. The Hall–Kier alpha value is -1.22. The third-order valence-electron chi connectivity index (χ3n) is 2.06. The topological polar surface area (TPSA) is 98.0 Å². The van der Waals surface area contributed by atoms with Crippen LogP contribution in [0.25, 0.3) is 0 Å². The first kappa shape index (κ1) is 14.2. The van der Waals surface area contributed by atoms with E-state index in [9.17, 15) is 8.42 Å². The summed E-state index contributed by atoms with van der Waals surface area (Å²) < 4.78 is 30.9. The zero-order chi connectivity index (χ0) is 14.0. The smallest absolute Gasteiger partial charge is 0.242 e. The molecule has 0 aliphatic carbocycles. The van der Waals surface area contributed by atoms with Crippen LogP contribution in [-0.2, 0) is 16.6 Å². The number of hydrogen-bond donors (Lipinski definition) is 1. The molecule has 0 atom stereocenters. The number of aryl methyl sites for hydroxylation is 1. The predicted octanol–water partition coefficient (Wildman–Crippen LogP) is 1.56. The van der Waals surface area contributed by atoms with Crippen molar-refractivity contribution >= 4 is 33.2 Å². The van der Waals surface area contributed by atoms with Gasteiger partial charge in [-0.25, -0.2) is 18.1 Å². The summed E-state index contributed by atoms with van der Waals surface area (Å²) in [6.45, 7) is 1.51. The molecule has 1 N–H and O–H groups in total. The number of sulfonamides is 1. The van der Waals surface area contributed by atoms with Crippen LogP contribution in [0.2, 0.25) is 10.2 Å². The second-order valence-electron chi connectivity index (χ2n) is 3.50. The zero-order valence-electron chi connectivity index (χ0n) is 9.59. The third-order valence-corrected chi connectivity index (χ3v) is 4.12. The Morgan fingerprint density at radius 1 is 1.42 bits per heavy atom. The van der Waals surface area contributed by atoms with Gasteiger partial charge in [-0.05, 0) is 13.0 Å². The van der Waals surface area contributed by atoms with Crippen molar-refractivity contribution in [3.05, 3.63) is 34.2 Å². The van der Waals surface area contributed by atoms with E-state index in [2.05, 4.69) is 19.8 Å². The first-order chi connectivity index (χ1) is 8.88. The molecule has 7 nitrogen and oxygen atoms in total. The van der Waals surface area contributed by atoms with E-state index in [1.165, 1.54) is 6.07 Å². The molecule has 0 fully saturated rings. The van der Waals surface area contributed by atoms with Crippen LogP contribution in [0.4, 0.5) is 0 Å². The molecule has 0 aliphatic rings. The highest BCUT2D eigenvalue weighted by molar-refractivity contribution is 7.89. The zero-order valence-corrected chi connectivity index (χ0v) is 11.9. The predicted molar refractivity (Wildman–Crippen MR) is 67.3 cm³/mol. The molecule has 2 rings (SSSR count). The van der Waals surface area contributed by atoms with Crippen molar-refractivity contribution in [3.63, 3.8) is 0 Å². The van der Waals surface area contributed by atoms with E-state index in [0.29, 0.717) is 5.82 Å². The van der Waals surface area contributed by atoms with Crippen LogP contribution in [0.1, 0.15) is 11.7 Å². The molecule has 102 valence electrons. The maximum absolute atomic E-state index is 11.9. The van der Waals surface area contributed by atoms with Crippen LogP contribution in [-0.4, -0.2) is 23.5 Å². The van der Waals surface area contributed by atoms with Gasteiger partial charge in [0.25, 0.3) is 0 Å². The van der Waals surface area contributed by atoms with Gasteiger partial charge in [0.1, 0.15) is 10.0 Å². The van der Waals surface area contributed by atoms with Gasteiger partial charge in [-0.15, -0.1) is 0 Å². The van der Waals surface area contributed by atoms with E-state index < -0.39 is 10.0 Å². The van der Waals surface area contributed by atoms with Gasteiger partial charge in [0.2, 0.25) is 15.9 Å². The maximum Gasteiger partial charge on any atom is 0.242 e. The lowest BCUT2D eigenvalue weighted by Crippen LogP contribution is -2.23. The Balaban J connectivity index is 2.16. The van der Waals surface area contributed by atoms with Gasteiger partial charge in [-0.3, -0.25) is 0 Å². The third kappa shape index (κ3) is 3.41. The van der Waals surface area contributed by atoms with Crippen molar-refractivity contribution in [2.24, 2.45) is 0 Å². The molecule has 2 aromatic rings. The van der Waals surface area contributed by atoms with Crippen molar-refractivity contribution in [2.75, 3.05) is 0 Å². The number of rotatable bonds is 4. The van der Waals surface area contributed by atoms with E-state index in [0.717, 1.165) is 6.20 Å². The number of halogens is 2. The standard InChI is InChI=1S/C9H8Cl2N4O3S/c1-5-14-8(18-15-5)4-13-19(16,17)6-2-7(10)9(11)12-3-6/h2-3,13H,4H2,1H3. The minimum absolute atomic E-state index is 0.0353. The fraction of sp³-hybridized carbons (Fsp3) is 0.222. The van der Waals surface area contributed by atoms with Crippen molar-refractivity contribution in [2.45, 2.75) is 18.4 Å². The monoisotopic (exact) mass is 322 g/mol. The van der Waals surface area contributed by atoms with Gasteiger partial charge in [0.15, 0.2) is 5.82 Å².